The number of nitriles is 1. The molecule has 0 saturated carbocycles. The summed E-state index contributed by atoms with van der Waals surface area (Å²) in [5.41, 5.74) is 1.67. The van der Waals surface area contributed by atoms with Gasteiger partial charge in [0.15, 0.2) is 0 Å². The molecule has 0 aromatic carbocycles. The van der Waals surface area contributed by atoms with Crippen molar-refractivity contribution in [1.29, 1.82) is 5.26 Å². The van der Waals surface area contributed by atoms with Crippen molar-refractivity contribution in [2.75, 3.05) is 0 Å². The van der Waals surface area contributed by atoms with E-state index in [0.717, 1.165) is 25.0 Å². The lowest BCUT2D eigenvalue weighted by molar-refractivity contribution is 0.0936. The molecule has 1 aromatic heterocycles. The Labute approximate surface area is 102 Å². The summed E-state index contributed by atoms with van der Waals surface area (Å²) in [5, 5.41) is 11.5. The summed E-state index contributed by atoms with van der Waals surface area (Å²) in [6, 6.07) is 3.82. The summed E-state index contributed by atoms with van der Waals surface area (Å²) in [4.78, 5) is 15.1. The first-order chi connectivity index (χ1) is 8.22. The molecule has 4 nitrogen and oxygen atoms in total. The van der Waals surface area contributed by atoms with Crippen molar-refractivity contribution in [3.63, 3.8) is 0 Å². The van der Waals surface area contributed by atoms with Gasteiger partial charge in [0.2, 0.25) is 0 Å². The highest BCUT2D eigenvalue weighted by Crippen LogP contribution is 2.10. The summed E-state index contributed by atoms with van der Waals surface area (Å²) >= 11 is 0. The Morgan fingerprint density at radius 1 is 1.59 bits per heavy atom. The number of hydrogen-bond donors (Lipinski definition) is 2. The molecule has 0 spiro atoms. The number of nitrogens with one attached hydrogen (secondary N) is 2. The Balaban J connectivity index is 2.69. The maximum absolute atomic E-state index is 12.0. The summed E-state index contributed by atoms with van der Waals surface area (Å²) in [6.07, 6.45) is 4.77. The van der Waals surface area contributed by atoms with Crippen LogP contribution in [0.25, 0.3) is 0 Å². The molecule has 0 aliphatic carbocycles. The summed E-state index contributed by atoms with van der Waals surface area (Å²) < 4.78 is 0. The SMILES string of the molecule is CCCc1[nH]ccc1C(=O)N[C@H](CC)CC#N. The lowest BCUT2D eigenvalue weighted by atomic mass is 10.1. The first-order valence-corrected chi connectivity index (χ1v) is 6.06. The van der Waals surface area contributed by atoms with Gasteiger partial charge >= 0.3 is 0 Å². The van der Waals surface area contributed by atoms with E-state index in [1.54, 1.807) is 12.3 Å². The lowest BCUT2D eigenvalue weighted by Crippen LogP contribution is -2.34. The standard InChI is InChI=1S/C13H19N3O/c1-3-5-12-11(7-9-15-12)13(17)16-10(4-2)6-8-14/h7,9-10,15H,3-6H2,1-2H3,(H,16,17)/t10-/m1/s1. The molecule has 0 fully saturated rings. The number of H-pyrrole nitrogens is 1. The van der Waals surface area contributed by atoms with Crippen LogP contribution < -0.4 is 5.32 Å². The van der Waals surface area contributed by atoms with Gasteiger partial charge in [0, 0.05) is 17.9 Å². The summed E-state index contributed by atoms with van der Waals surface area (Å²) in [5.74, 6) is -0.0863. The van der Waals surface area contributed by atoms with Crippen LogP contribution >= 0.6 is 0 Å². The molecule has 4 heteroatoms. The van der Waals surface area contributed by atoms with Gasteiger partial charge in [-0.15, -0.1) is 0 Å². The van der Waals surface area contributed by atoms with Crippen molar-refractivity contribution in [2.45, 2.75) is 45.6 Å². The van der Waals surface area contributed by atoms with Gasteiger partial charge in [0.1, 0.15) is 0 Å². The second kappa shape index (κ2) is 6.74. The molecular weight excluding hydrogens is 214 g/mol. The second-order valence-electron chi connectivity index (χ2n) is 4.06. The third kappa shape index (κ3) is 3.63. The van der Waals surface area contributed by atoms with Gasteiger partial charge in [0.25, 0.3) is 5.91 Å². The molecule has 92 valence electrons. The average Bonchev–Trinajstić information content (AvgIpc) is 2.77. The first kappa shape index (κ1) is 13.3. The molecule has 0 saturated heterocycles. The van der Waals surface area contributed by atoms with Crippen LogP contribution in [0.4, 0.5) is 0 Å². The molecule has 1 heterocycles. The van der Waals surface area contributed by atoms with Crippen molar-refractivity contribution < 1.29 is 4.79 Å². The van der Waals surface area contributed by atoms with Gasteiger partial charge in [-0.05, 0) is 18.9 Å². The Morgan fingerprint density at radius 3 is 2.94 bits per heavy atom. The fourth-order valence-corrected chi connectivity index (χ4v) is 1.74. The minimum Gasteiger partial charge on any atom is -0.364 e. The number of rotatable bonds is 6. The van der Waals surface area contributed by atoms with Gasteiger partial charge in [-0.2, -0.15) is 5.26 Å². The Bertz CT molecular complexity index is 403. The van der Waals surface area contributed by atoms with Gasteiger partial charge in [-0.1, -0.05) is 20.3 Å². The van der Waals surface area contributed by atoms with Crippen molar-refractivity contribution in [3.8, 4) is 6.07 Å². The Morgan fingerprint density at radius 2 is 2.35 bits per heavy atom. The molecule has 1 amide bonds. The molecule has 2 N–H and O–H groups in total. The van der Waals surface area contributed by atoms with E-state index in [-0.39, 0.29) is 11.9 Å². The number of hydrogen-bond acceptors (Lipinski definition) is 2. The minimum absolute atomic E-state index is 0.0584. The molecule has 0 aliphatic rings. The van der Waals surface area contributed by atoms with Crippen LogP contribution in [0, 0.1) is 11.3 Å². The second-order valence-corrected chi connectivity index (χ2v) is 4.06. The zero-order chi connectivity index (χ0) is 12.7. The number of carbonyl (C=O) groups is 1. The summed E-state index contributed by atoms with van der Waals surface area (Å²) in [7, 11) is 0. The molecule has 0 bridgehead atoms. The zero-order valence-electron chi connectivity index (χ0n) is 10.4. The number of carbonyl (C=O) groups excluding carboxylic acids is 1. The Hall–Kier alpha value is -1.76. The fourth-order valence-electron chi connectivity index (χ4n) is 1.74. The van der Waals surface area contributed by atoms with Crippen LogP contribution in [0.15, 0.2) is 12.3 Å². The third-order valence-electron chi connectivity index (χ3n) is 2.74. The molecule has 1 aromatic rings. The molecule has 0 unspecified atom stereocenters. The highest BCUT2D eigenvalue weighted by atomic mass is 16.1. The number of amides is 1. The number of nitrogens with zero attached hydrogens (tertiary/aromatic N) is 1. The monoisotopic (exact) mass is 233 g/mol. The molecule has 0 aliphatic heterocycles. The minimum atomic E-state index is -0.0863. The van der Waals surface area contributed by atoms with Gasteiger partial charge in [-0.3, -0.25) is 4.79 Å². The van der Waals surface area contributed by atoms with Crippen LogP contribution in [0.3, 0.4) is 0 Å². The molecule has 1 rings (SSSR count). The average molecular weight is 233 g/mol. The summed E-state index contributed by atoms with van der Waals surface area (Å²) in [6.45, 7) is 4.04. The van der Waals surface area contributed by atoms with E-state index in [9.17, 15) is 4.79 Å². The van der Waals surface area contributed by atoms with Crippen LogP contribution in [0.5, 0.6) is 0 Å². The van der Waals surface area contributed by atoms with Crippen molar-refractivity contribution in [1.82, 2.24) is 10.3 Å². The number of aromatic nitrogens is 1. The van der Waals surface area contributed by atoms with Crippen molar-refractivity contribution >= 4 is 5.91 Å². The first-order valence-electron chi connectivity index (χ1n) is 6.06. The largest absolute Gasteiger partial charge is 0.364 e. The van der Waals surface area contributed by atoms with Gasteiger partial charge in [-0.25, -0.2) is 0 Å². The molecule has 1 atom stereocenters. The van der Waals surface area contributed by atoms with E-state index < -0.39 is 0 Å². The van der Waals surface area contributed by atoms with E-state index in [0.29, 0.717) is 12.0 Å². The normalized spacial score (nSPS) is 11.8. The zero-order valence-corrected chi connectivity index (χ0v) is 10.4. The third-order valence-corrected chi connectivity index (χ3v) is 2.74. The Kier molecular flexibility index (Phi) is 5.28. The lowest BCUT2D eigenvalue weighted by Gasteiger charge is -2.13. The van der Waals surface area contributed by atoms with Crippen molar-refractivity contribution in [2.24, 2.45) is 0 Å². The van der Waals surface area contributed by atoms with E-state index in [2.05, 4.69) is 23.3 Å². The quantitative estimate of drug-likeness (QED) is 0.792. The highest BCUT2D eigenvalue weighted by molar-refractivity contribution is 5.95. The maximum atomic E-state index is 12.0. The molecule has 17 heavy (non-hydrogen) atoms. The molecular formula is C13H19N3O. The molecule has 0 radical (unpaired) electrons. The topological polar surface area (TPSA) is 68.7 Å². The van der Waals surface area contributed by atoms with Crippen molar-refractivity contribution in [3.05, 3.63) is 23.5 Å². The van der Waals surface area contributed by atoms with E-state index in [4.69, 9.17) is 5.26 Å². The number of aryl methyl sites for hydroxylation is 1. The smallest absolute Gasteiger partial charge is 0.253 e. The highest BCUT2D eigenvalue weighted by Gasteiger charge is 2.15. The van der Waals surface area contributed by atoms with Crippen LogP contribution in [0.1, 0.15) is 49.2 Å². The predicted octanol–water partition coefficient (Wildman–Crippen LogP) is 2.39. The van der Waals surface area contributed by atoms with E-state index >= 15 is 0 Å². The fraction of sp³-hybridized carbons (Fsp3) is 0.538. The van der Waals surface area contributed by atoms with Gasteiger partial charge in [0.05, 0.1) is 18.1 Å². The number of aromatic amines is 1. The van der Waals surface area contributed by atoms with Crippen LogP contribution in [-0.4, -0.2) is 16.9 Å². The van der Waals surface area contributed by atoms with Crippen LogP contribution in [-0.2, 0) is 6.42 Å². The van der Waals surface area contributed by atoms with E-state index in [1.165, 1.54) is 0 Å². The van der Waals surface area contributed by atoms with Gasteiger partial charge < -0.3 is 10.3 Å². The van der Waals surface area contributed by atoms with E-state index in [1.807, 2.05) is 6.92 Å². The maximum Gasteiger partial charge on any atom is 0.253 e. The predicted molar refractivity (Wildman–Crippen MR) is 66.6 cm³/mol. The van der Waals surface area contributed by atoms with Crippen LogP contribution in [0.2, 0.25) is 0 Å².